The SMILES string of the molecule is CCCNCc1cc(S(=O)(=O)NCCSC)ccc1Cl. The van der Waals surface area contributed by atoms with Crippen LogP contribution in [-0.2, 0) is 16.6 Å². The molecule has 114 valence electrons. The number of benzene rings is 1. The third-order valence-electron chi connectivity index (χ3n) is 2.67. The van der Waals surface area contributed by atoms with Crippen LogP contribution in [0.2, 0.25) is 5.02 Å². The standard InChI is InChI=1S/C13H21ClN2O2S2/c1-3-6-15-10-11-9-12(4-5-13(11)14)20(17,18)16-7-8-19-2/h4-5,9,15-16H,3,6-8,10H2,1-2H3. The van der Waals surface area contributed by atoms with Gasteiger partial charge in [0.1, 0.15) is 0 Å². The van der Waals surface area contributed by atoms with Gasteiger partial charge in [-0.1, -0.05) is 18.5 Å². The van der Waals surface area contributed by atoms with Crippen LogP contribution in [0, 0.1) is 0 Å². The molecule has 0 saturated heterocycles. The van der Waals surface area contributed by atoms with Gasteiger partial charge in [-0.15, -0.1) is 0 Å². The van der Waals surface area contributed by atoms with Gasteiger partial charge in [0, 0.05) is 23.9 Å². The Morgan fingerprint density at radius 2 is 2.05 bits per heavy atom. The first-order chi connectivity index (χ1) is 9.51. The first-order valence-electron chi connectivity index (χ1n) is 6.49. The van der Waals surface area contributed by atoms with E-state index in [4.69, 9.17) is 11.6 Å². The van der Waals surface area contributed by atoms with E-state index in [2.05, 4.69) is 17.0 Å². The van der Waals surface area contributed by atoms with Crippen LogP contribution in [0.1, 0.15) is 18.9 Å². The zero-order valence-corrected chi connectivity index (χ0v) is 14.2. The molecular weight excluding hydrogens is 316 g/mol. The summed E-state index contributed by atoms with van der Waals surface area (Å²) in [4.78, 5) is 0.260. The number of thioether (sulfide) groups is 1. The maximum Gasteiger partial charge on any atom is 0.240 e. The lowest BCUT2D eigenvalue weighted by atomic mass is 10.2. The molecule has 2 N–H and O–H groups in total. The monoisotopic (exact) mass is 336 g/mol. The summed E-state index contributed by atoms with van der Waals surface area (Å²) in [6.07, 6.45) is 2.96. The van der Waals surface area contributed by atoms with E-state index in [1.54, 1.807) is 23.9 Å². The average molecular weight is 337 g/mol. The molecule has 1 aromatic carbocycles. The van der Waals surface area contributed by atoms with Gasteiger partial charge in [-0.3, -0.25) is 0 Å². The quantitative estimate of drug-likeness (QED) is 0.680. The topological polar surface area (TPSA) is 58.2 Å². The van der Waals surface area contributed by atoms with Crippen LogP contribution in [-0.4, -0.2) is 33.5 Å². The lowest BCUT2D eigenvalue weighted by Crippen LogP contribution is -2.26. The number of rotatable bonds is 9. The summed E-state index contributed by atoms with van der Waals surface area (Å²) >= 11 is 7.69. The minimum absolute atomic E-state index is 0.260. The van der Waals surface area contributed by atoms with Crippen molar-refractivity contribution in [2.45, 2.75) is 24.8 Å². The fourth-order valence-corrected chi connectivity index (χ4v) is 3.32. The number of sulfonamides is 1. The normalized spacial score (nSPS) is 11.8. The van der Waals surface area contributed by atoms with Crippen molar-refractivity contribution in [3.05, 3.63) is 28.8 Å². The predicted octanol–water partition coefficient (Wildman–Crippen LogP) is 2.48. The summed E-state index contributed by atoms with van der Waals surface area (Å²) in [5.41, 5.74) is 0.799. The van der Waals surface area contributed by atoms with E-state index in [0.29, 0.717) is 18.1 Å². The van der Waals surface area contributed by atoms with E-state index in [0.717, 1.165) is 24.3 Å². The van der Waals surface area contributed by atoms with Gasteiger partial charge in [-0.2, -0.15) is 11.8 Å². The van der Waals surface area contributed by atoms with Crippen molar-refractivity contribution in [2.75, 3.05) is 25.1 Å². The highest BCUT2D eigenvalue weighted by molar-refractivity contribution is 7.98. The van der Waals surface area contributed by atoms with E-state index < -0.39 is 10.0 Å². The summed E-state index contributed by atoms with van der Waals surface area (Å²) in [5.74, 6) is 0.748. The van der Waals surface area contributed by atoms with Crippen LogP contribution in [0.5, 0.6) is 0 Å². The van der Waals surface area contributed by atoms with Crippen LogP contribution < -0.4 is 10.0 Å². The molecule has 4 nitrogen and oxygen atoms in total. The van der Waals surface area contributed by atoms with E-state index in [-0.39, 0.29) is 4.90 Å². The molecule has 1 aromatic rings. The Bertz CT molecular complexity index is 521. The molecule has 0 atom stereocenters. The third-order valence-corrected chi connectivity index (χ3v) is 5.11. The second-order valence-electron chi connectivity index (χ2n) is 4.32. The fourth-order valence-electron chi connectivity index (χ4n) is 1.61. The molecule has 0 heterocycles. The van der Waals surface area contributed by atoms with Crippen LogP contribution in [0.3, 0.4) is 0 Å². The molecule has 0 aliphatic carbocycles. The third kappa shape index (κ3) is 5.61. The fraction of sp³-hybridized carbons (Fsp3) is 0.538. The van der Waals surface area contributed by atoms with Gasteiger partial charge in [0.2, 0.25) is 10.0 Å². The van der Waals surface area contributed by atoms with Gasteiger partial charge in [0.05, 0.1) is 4.90 Å². The Morgan fingerprint density at radius 1 is 1.30 bits per heavy atom. The Balaban J connectivity index is 2.82. The van der Waals surface area contributed by atoms with Gasteiger partial charge in [-0.05, 0) is 43.0 Å². The predicted molar refractivity (Wildman–Crippen MR) is 87.0 cm³/mol. The summed E-state index contributed by atoms with van der Waals surface area (Å²) in [6.45, 7) is 3.95. The van der Waals surface area contributed by atoms with E-state index in [1.807, 2.05) is 6.26 Å². The highest BCUT2D eigenvalue weighted by Crippen LogP contribution is 2.20. The molecule has 1 rings (SSSR count). The molecule has 0 spiro atoms. The molecule has 0 unspecified atom stereocenters. The second-order valence-corrected chi connectivity index (χ2v) is 7.48. The maximum atomic E-state index is 12.1. The van der Waals surface area contributed by atoms with Crippen LogP contribution >= 0.6 is 23.4 Å². The summed E-state index contributed by atoms with van der Waals surface area (Å²) < 4.78 is 26.8. The Hall–Kier alpha value is -0.270. The zero-order valence-electron chi connectivity index (χ0n) is 11.8. The Labute approximate surface area is 130 Å². The molecule has 0 bridgehead atoms. The van der Waals surface area contributed by atoms with E-state index in [9.17, 15) is 8.42 Å². The summed E-state index contributed by atoms with van der Waals surface area (Å²) in [6, 6.07) is 4.80. The average Bonchev–Trinajstić information content (AvgIpc) is 2.41. The molecule has 20 heavy (non-hydrogen) atoms. The molecule has 0 aliphatic heterocycles. The van der Waals surface area contributed by atoms with Crippen molar-refractivity contribution < 1.29 is 8.42 Å². The minimum Gasteiger partial charge on any atom is -0.313 e. The molecule has 0 aromatic heterocycles. The number of halogens is 1. The minimum atomic E-state index is -3.45. The highest BCUT2D eigenvalue weighted by Gasteiger charge is 2.15. The van der Waals surface area contributed by atoms with Crippen molar-refractivity contribution in [2.24, 2.45) is 0 Å². The number of nitrogens with one attached hydrogen (secondary N) is 2. The van der Waals surface area contributed by atoms with E-state index >= 15 is 0 Å². The summed E-state index contributed by atoms with van der Waals surface area (Å²) in [5, 5.41) is 3.80. The van der Waals surface area contributed by atoms with Crippen molar-refractivity contribution in [3.8, 4) is 0 Å². The number of hydrogen-bond acceptors (Lipinski definition) is 4. The van der Waals surface area contributed by atoms with Crippen molar-refractivity contribution in [3.63, 3.8) is 0 Å². The molecular formula is C13H21ClN2O2S2. The molecule has 0 aliphatic rings. The summed E-state index contributed by atoms with van der Waals surface area (Å²) in [7, 11) is -3.45. The maximum absolute atomic E-state index is 12.1. The molecule has 0 saturated carbocycles. The Kier molecular flexibility index (Phi) is 7.91. The second kappa shape index (κ2) is 8.89. The van der Waals surface area contributed by atoms with Gasteiger partial charge in [0.15, 0.2) is 0 Å². The zero-order chi connectivity index (χ0) is 15.0. The first-order valence-corrected chi connectivity index (χ1v) is 9.74. The molecule has 7 heteroatoms. The van der Waals surface area contributed by atoms with Crippen molar-refractivity contribution in [1.29, 1.82) is 0 Å². The molecule has 0 radical (unpaired) electrons. The lowest BCUT2D eigenvalue weighted by Gasteiger charge is -2.10. The highest BCUT2D eigenvalue weighted by atomic mass is 35.5. The van der Waals surface area contributed by atoms with Crippen LogP contribution in [0.4, 0.5) is 0 Å². The van der Waals surface area contributed by atoms with E-state index in [1.165, 1.54) is 6.07 Å². The van der Waals surface area contributed by atoms with Gasteiger partial charge >= 0.3 is 0 Å². The molecule has 0 amide bonds. The van der Waals surface area contributed by atoms with Crippen LogP contribution in [0.15, 0.2) is 23.1 Å². The largest absolute Gasteiger partial charge is 0.313 e. The Morgan fingerprint density at radius 3 is 2.70 bits per heavy atom. The number of hydrogen-bond donors (Lipinski definition) is 2. The van der Waals surface area contributed by atoms with Crippen molar-refractivity contribution >= 4 is 33.4 Å². The van der Waals surface area contributed by atoms with Gasteiger partial charge < -0.3 is 5.32 Å². The molecule has 0 fully saturated rings. The van der Waals surface area contributed by atoms with Crippen molar-refractivity contribution in [1.82, 2.24) is 10.0 Å². The van der Waals surface area contributed by atoms with Gasteiger partial charge in [0.25, 0.3) is 0 Å². The van der Waals surface area contributed by atoms with Gasteiger partial charge in [-0.25, -0.2) is 13.1 Å². The smallest absolute Gasteiger partial charge is 0.240 e. The first kappa shape index (κ1) is 17.8. The van der Waals surface area contributed by atoms with Crippen LogP contribution in [0.25, 0.3) is 0 Å². The lowest BCUT2D eigenvalue weighted by molar-refractivity contribution is 0.584.